The van der Waals surface area contributed by atoms with E-state index >= 15 is 0 Å². The third kappa shape index (κ3) is 2.72. The van der Waals surface area contributed by atoms with Crippen LogP contribution in [0.25, 0.3) is 11.0 Å². The van der Waals surface area contributed by atoms with E-state index in [-0.39, 0.29) is 5.78 Å². The van der Waals surface area contributed by atoms with E-state index in [2.05, 4.69) is 4.57 Å². The van der Waals surface area contributed by atoms with Crippen LogP contribution in [0.2, 0.25) is 0 Å². The summed E-state index contributed by atoms with van der Waals surface area (Å²) in [7, 11) is 2.01. The van der Waals surface area contributed by atoms with Crippen LogP contribution in [0.5, 0.6) is 0 Å². The molecule has 0 unspecified atom stereocenters. The van der Waals surface area contributed by atoms with Crippen LogP contribution in [0, 0.1) is 6.92 Å². The minimum atomic E-state index is 0.138. The molecule has 21 heavy (non-hydrogen) atoms. The van der Waals surface area contributed by atoms with E-state index in [0.29, 0.717) is 5.75 Å². The summed E-state index contributed by atoms with van der Waals surface area (Å²) < 4.78 is 7.57. The lowest BCUT2D eigenvalue weighted by atomic mass is 10.2. The van der Waals surface area contributed by atoms with Crippen LogP contribution in [0.4, 0.5) is 0 Å². The standard InChI is InChI=1S/C17H16NO2S/c1-12-10-16-14(8-9-20-16)17(18(12)2)21-11-15(19)13-6-4-3-5-7-13/h3-10H,11H2,1-2H3/q+1. The van der Waals surface area contributed by atoms with Crippen molar-refractivity contribution < 1.29 is 13.8 Å². The van der Waals surface area contributed by atoms with Gasteiger partial charge in [-0.05, 0) is 17.8 Å². The second-order valence-electron chi connectivity index (χ2n) is 4.93. The Balaban J connectivity index is 1.87. The van der Waals surface area contributed by atoms with Crippen molar-refractivity contribution in [2.75, 3.05) is 5.75 Å². The molecule has 0 saturated carbocycles. The molecular weight excluding hydrogens is 282 g/mol. The van der Waals surface area contributed by atoms with Crippen LogP contribution in [-0.4, -0.2) is 11.5 Å². The summed E-state index contributed by atoms with van der Waals surface area (Å²) in [6.45, 7) is 2.03. The third-order valence-electron chi connectivity index (χ3n) is 3.54. The molecule has 4 heteroatoms. The summed E-state index contributed by atoms with van der Waals surface area (Å²) in [5.41, 5.74) is 2.72. The van der Waals surface area contributed by atoms with Gasteiger partial charge in [0.2, 0.25) is 0 Å². The number of fused-ring (bicyclic) bond motifs is 1. The summed E-state index contributed by atoms with van der Waals surface area (Å²) in [6.07, 6.45) is 1.69. The number of hydrogen-bond acceptors (Lipinski definition) is 3. The van der Waals surface area contributed by atoms with E-state index in [4.69, 9.17) is 4.42 Å². The van der Waals surface area contributed by atoms with Crippen molar-refractivity contribution in [3.63, 3.8) is 0 Å². The molecule has 0 spiro atoms. The number of pyridine rings is 1. The zero-order valence-corrected chi connectivity index (χ0v) is 12.8. The van der Waals surface area contributed by atoms with Crippen molar-refractivity contribution in [2.45, 2.75) is 11.9 Å². The normalized spacial score (nSPS) is 11.0. The molecule has 2 aromatic heterocycles. The van der Waals surface area contributed by atoms with Crippen LogP contribution in [0.1, 0.15) is 16.1 Å². The van der Waals surface area contributed by atoms with Crippen molar-refractivity contribution in [3.8, 4) is 0 Å². The van der Waals surface area contributed by atoms with E-state index < -0.39 is 0 Å². The highest BCUT2D eigenvalue weighted by Gasteiger charge is 2.19. The highest BCUT2D eigenvalue weighted by Crippen LogP contribution is 2.26. The molecule has 3 nitrogen and oxygen atoms in total. The summed E-state index contributed by atoms with van der Waals surface area (Å²) in [5.74, 6) is 0.556. The van der Waals surface area contributed by atoms with Gasteiger partial charge in [-0.1, -0.05) is 30.3 Å². The van der Waals surface area contributed by atoms with Gasteiger partial charge in [0.25, 0.3) is 5.03 Å². The molecule has 2 heterocycles. The molecule has 0 aliphatic heterocycles. The molecule has 0 bridgehead atoms. The molecule has 0 fully saturated rings. The van der Waals surface area contributed by atoms with Gasteiger partial charge in [-0.2, -0.15) is 4.57 Å². The molecule has 0 amide bonds. The molecule has 0 N–H and O–H groups in total. The molecule has 0 radical (unpaired) electrons. The Bertz CT molecular complexity index is 793. The van der Waals surface area contributed by atoms with Gasteiger partial charge in [0, 0.05) is 18.6 Å². The van der Waals surface area contributed by atoms with Gasteiger partial charge in [0.15, 0.2) is 11.5 Å². The number of aryl methyl sites for hydroxylation is 1. The van der Waals surface area contributed by atoms with E-state index in [1.807, 2.05) is 56.4 Å². The molecule has 0 atom stereocenters. The first kappa shape index (κ1) is 13.9. The van der Waals surface area contributed by atoms with Crippen LogP contribution in [0.15, 0.2) is 58.2 Å². The Morgan fingerprint density at radius 3 is 2.76 bits per heavy atom. The van der Waals surface area contributed by atoms with Gasteiger partial charge in [0.05, 0.1) is 17.4 Å². The fourth-order valence-corrected chi connectivity index (χ4v) is 3.35. The molecule has 106 valence electrons. The maximum Gasteiger partial charge on any atom is 0.251 e. The Kier molecular flexibility index (Phi) is 3.80. The first-order valence-electron chi connectivity index (χ1n) is 6.74. The summed E-state index contributed by atoms with van der Waals surface area (Å²) >= 11 is 1.55. The SMILES string of the molecule is Cc1cc2occc2c(SCC(=O)c2ccccc2)[n+]1C. The largest absolute Gasteiger partial charge is 0.464 e. The van der Waals surface area contributed by atoms with Gasteiger partial charge >= 0.3 is 0 Å². The minimum absolute atomic E-state index is 0.138. The van der Waals surface area contributed by atoms with Crippen molar-refractivity contribution in [2.24, 2.45) is 7.05 Å². The number of nitrogens with zero attached hydrogens (tertiary/aromatic N) is 1. The van der Waals surface area contributed by atoms with Gasteiger partial charge in [-0.3, -0.25) is 4.79 Å². The van der Waals surface area contributed by atoms with Gasteiger partial charge in [0.1, 0.15) is 12.6 Å². The maximum atomic E-state index is 12.2. The Labute approximate surface area is 127 Å². The third-order valence-corrected chi connectivity index (χ3v) is 4.71. The number of carbonyl (C=O) groups is 1. The summed E-state index contributed by atoms with van der Waals surface area (Å²) in [4.78, 5) is 12.2. The highest BCUT2D eigenvalue weighted by atomic mass is 32.2. The second-order valence-corrected chi connectivity index (χ2v) is 5.89. The number of furan rings is 1. The average molecular weight is 298 g/mol. The van der Waals surface area contributed by atoms with Crippen LogP contribution < -0.4 is 4.57 Å². The number of rotatable bonds is 4. The Hall–Kier alpha value is -2.07. The number of ketones is 1. The molecule has 0 saturated heterocycles. The molecular formula is C17H16NO2S+. The van der Waals surface area contributed by atoms with Gasteiger partial charge < -0.3 is 4.42 Å². The smallest absolute Gasteiger partial charge is 0.251 e. The number of thioether (sulfide) groups is 1. The number of Topliss-reactive ketones (excluding diaryl/α,β-unsaturated/α-hetero) is 1. The maximum absolute atomic E-state index is 12.2. The number of aromatic nitrogens is 1. The first-order valence-corrected chi connectivity index (χ1v) is 7.73. The lowest BCUT2D eigenvalue weighted by Gasteiger charge is -2.04. The van der Waals surface area contributed by atoms with E-state index in [1.54, 1.807) is 18.0 Å². The lowest BCUT2D eigenvalue weighted by Crippen LogP contribution is -2.34. The second kappa shape index (κ2) is 5.74. The van der Waals surface area contributed by atoms with Gasteiger partial charge in [-0.15, -0.1) is 0 Å². The van der Waals surface area contributed by atoms with Crippen molar-refractivity contribution >= 4 is 28.5 Å². The number of carbonyl (C=O) groups excluding carboxylic acids is 1. The minimum Gasteiger partial charge on any atom is -0.464 e. The molecule has 3 rings (SSSR count). The Morgan fingerprint density at radius 1 is 1.24 bits per heavy atom. The molecule has 0 aliphatic rings. The predicted octanol–water partition coefficient (Wildman–Crippen LogP) is 3.54. The summed E-state index contributed by atoms with van der Waals surface area (Å²) in [5, 5.41) is 2.11. The zero-order chi connectivity index (χ0) is 14.8. The molecule has 3 aromatic rings. The van der Waals surface area contributed by atoms with Crippen LogP contribution in [0.3, 0.4) is 0 Å². The Morgan fingerprint density at radius 2 is 2.00 bits per heavy atom. The fourth-order valence-electron chi connectivity index (χ4n) is 2.25. The van der Waals surface area contributed by atoms with Crippen molar-refractivity contribution in [3.05, 3.63) is 60.0 Å². The lowest BCUT2D eigenvalue weighted by molar-refractivity contribution is -0.712. The summed E-state index contributed by atoms with van der Waals surface area (Å²) in [6, 6.07) is 13.4. The quantitative estimate of drug-likeness (QED) is 0.420. The average Bonchev–Trinajstić information content (AvgIpc) is 2.96. The number of hydrogen-bond donors (Lipinski definition) is 0. The zero-order valence-electron chi connectivity index (χ0n) is 12.0. The van der Waals surface area contributed by atoms with E-state index in [9.17, 15) is 4.79 Å². The van der Waals surface area contributed by atoms with E-state index in [1.165, 1.54) is 0 Å². The molecule has 1 aromatic carbocycles. The van der Waals surface area contributed by atoms with Gasteiger partial charge in [-0.25, -0.2) is 0 Å². The van der Waals surface area contributed by atoms with Crippen LogP contribution >= 0.6 is 11.8 Å². The van der Waals surface area contributed by atoms with E-state index in [0.717, 1.165) is 27.3 Å². The van der Waals surface area contributed by atoms with Crippen molar-refractivity contribution in [1.29, 1.82) is 0 Å². The number of benzene rings is 1. The first-order chi connectivity index (χ1) is 10.2. The van der Waals surface area contributed by atoms with Crippen molar-refractivity contribution in [1.82, 2.24) is 0 Å². The monoisotopic (exact) mass is 298 g/mol. The molecule has 0 aliphatic carbocycles. The topological polar surface area (TPSA) is 34.1 Å². The fraction of sp³-hybridized carbons (Fsp3) is 0.176. The van der Waals surface area contributed by atoms with Crippen LogP contribution in [-0.2, 0) is 7.05 Å². The predicted molar refractivity (Wildman–Crippen MR) is 83.6 cm³/mol. The highest BCUT2D eigenvalue weighted by molar-refractivity contribution is 8.00.